The second-order valence-corrected chi connectivity index (χ2v) is 7.34. The monoisotopic (exact) mass is 381 g/mol. The molecule has 0 amide bonds. The van der Waals surface area contributed by atoms with Crippen LogP contribution in [0.4, 0.5) is 0 Å². The van der Waals surface area contributed by atoms with Crippen LogP contribution >= 0.6 is 0 Å². The highest BCUT2D eigenvalue weighted by atomic mass is 15.0. The number of aryl methyl sites for hydroxylation is 4. The standard InChI is InChI=1S/C24H23N5/c1-17-12-22-21(13-19(17)8-9-25-2)20(5-4-18-6-10-26-11-7-18)14-23(28-22)24-15-27-16-29(24)3/h6-7,10-16H,4-5,8-9H2,1,3H3. The molecule has 0 saturated heterocycles. The van der Waals surface area contributed by atoms with Crippen molar-refractivity contribution in [1.29, 1.82) is 0 Å². The summed E-state index contributed by atoms with van der Waals surface area (Å²) in [5.74, 6) is 0. The molecule has 144 valence electrons. The van der Waals surface area contributed by atoms with Crippen LogP contribution in [0, 0.1) is 13.5 Å². The number of aromatic nitrogens is 4. The van der Waals surface area contributed by atoms with Gasteiger partial charge in [-0.3, -0.25) is 4.98 Å². The van der Waals surface area contributed by atoms with Gasteiger partial charge in [-0.05, 0) is 72.4 Å². The average molecular weight is 381 g/mol. The van der Waals surface area contributed by atoms with Crippen LogP contribution in [-0.2, 0) is 26.3 Å². The lowest BCUT2D eigenvalue weighted by molar-refractivity contribution is 0.914. The summed E-state index contributed by atoms with van der Waals surface area (Å²) in [6, 6.07) is 10.7. The van der Waals surface area contributed by atoms with Gasteiger partial charge in [0.05, 0.1) is 29.4 Å². The van der Waals surface area contributed by atoms with E-state index in [1.165, 1.54) is 27.6 Å². The van der Waals surface area contributed by atoms with Gasteiger partial charge < -0.3 is 9.41 Å². The van der Waals surface area contributed by atoms with E-state index in [0.29, 0.717) is 6.54 Å². The predicted molar refractivity (Wildman–Crippen MR) is 116 cm³/mol. The van der Waals surface area contributed by atoms with E-state index < -0.39 is 0 Å². The first-order valence-corrected chi connectivity index (χ1v) is 9.77. The largest absolute Gasteiger partial charge is 0.332 e. The fourth-order valence-electron chi connectivity index (χ4n) is 3.71. The van der Waals surface area contributed by atoms with Gasteiger partial charge in [-0.2, -0.15) is 0 Å². The van der Waals surface area contributed by atoms with Crippen molar-refractivity contribution >= 4 is 10.9 Å². The van der Waals surface area contributed by atoms with Crippen LogP contribution in [-0.4, -0.2) is 26.1 Å². The Hall–Kier alpha value is -3.52. The summed E-state index contributed by atoms with van der Waals surface area (Å²) >= 11 is 0. The van der Waals surface area contributed by atoms with Crippen molar-refractivity contribution < 1.29 is 0 Å². The molecule has 4 rings (SSSR count). The highest BCUT2D eigenvalue weighted by Crippen LogP contribution is 2.28. The highest BCUT2D eigenvalue weighted by Gasteiger charge is 2.13. The van der Waals surface area contributed by atoms with Gasteiger partial charge in [0, 0.05) is 31.2 Å². The molecular formula is C24H23N5. The molecule has 0 N–H and O–H groups in total. The van der Waals surface area contributed by atoms with Crippen LogP contribution in [0.25, 0.3) is 27.1 Å². The van der Waals surface area contributed by atoms with Gasteiger partial charge in [0.2, 0.25) is 6.54 Å². The van der Waals surface area contributed by atoms with Crippen LogP contribution in [0.1, 0.15) is 22.3 Å². The van der Waals surface area contributed by atoms with Crippen LogP contribution in [0.5, 0.6) is 0 Å². The fraction of sp³-hybridized carbons (Fsp3) is 0.250. The zero-order valence-electron chi connectivity index (χ0n) is 16.8. The molecule has 3 aromatic heterocycles. The van der Waals surface area contributed by atoms with Crippen LogP contribution in [0.2, 0.25) is 0 Å². The Bertz CT molecular complexity index is 1190. The lowest BCUT2D eigenvalue weighted by Crippen LogP contribution is -2.01. The SMILES string of the molecule is [C-]#[N+]CCc1cc2c(CCc3ccncc3)cc(-c3cncn3C)nc2cc1C. The van der Waals surface area contributed by atoms with Gasteiger partial charge in [0.15, 0.2) is 0 Å². The van der Waals surface area contributed by atoms with Gasteiger partial charge in [-0.1, -0.05) is 0 Å². The van der Waals surface area contributed by atoms with Crippen molar-refractivity contribution in [3.63, 3.8) is 0 Å². The molecule has 0 unspecified atom stereocenters. The molecule has 0 bridgehead atoms. The molecule has 0 aliphatic carbocycles. The molecule has 0 spiro atoms. The summed E-state index contributed by atoms with van der Waals surface area (Å²) in [4.78, 5) is 16.8. The maximum Gasteiger partial charge on any atom is 0.218 e. The van der Waals surface area contributed by atoms with Gasteiger partial charge in [-0.15, -0.1) is 0 Å². The third-order valence-corrected chi connectivity index (χ3v) is 5.36. The maximum atomic E-state index is 7.12. The molecule has 5 heteroatoms. The number of fused-ring (bicyclic) bond motifs is 1. The highest BCUT2D eigenvalue weighted by molar-refractivity contribution is 5.86. The second kappa shape index (κ2) is 8.24. The van der Waals surface area contributed by atoms with Crippen molar-refractivity contribution in [2.45, 2.75) is 26.2 Å². The number of benzene rings is 1. The number of hydrogen-bond donors (Lipinski definition) is 0. The molecule has 0 fully saturated rings. The van der Waals surface area contributed by atoms with E-state index in [9.17, 15) is 0 Å². The minimum absolute atomic E-state index is 0.513. The second-order valence-electron chi connectivity index (χ2n) is 7.34. The van der Waals surface area contributed by atoms with Gasteiger partial charge >= 0.3 is 0 Å². The predicted octanol–water partition coefficient (Wildman–Crippen LogP) is 4.59. The topological polar surface area (TPSA) is 48.0 Å². The quantitative estimate of drug-likeness (QED) is 0.459. The number of pyridine rings is 2. The van der Waals surface area contributed by atoms with Gasteiger partial charge in [0.25, 0.3) is 0 Å². The van der Waals surface area contributed by atoms with Crippen LogP contribution < -0.4 is 0 Å². The molecule has 3 heterocycles. The number of hydrogen-bond acceptors (Lipinski definition) is 3. The van der Waals surface area contributed by atoms with E-state index in [0.717, 1.165) is 36.2 Å². The first-order chi connectivity index (χ1) is 14.2. The van der Waals surface area contributed by atoms with Crippen molar-refractivity contribution in [2.24, 2.45) is 7.05 Å². The Morgan fingerprint density at radius 2 is 1.83 bits per heavy atom. The van der Waals surface area contributed by atoms with Crippen LogP contribution in [0.15, 0.2) is 55.2 Å². The Labute approximate surface area is 170 Å². The summed E-state index contributed by atoms with van der Waals surface area (Å²) in [5.41, 5.74) is 7.91. The normalized spacial score (nSPS) is 10.9. The summed E-state index contributed by atoms with van der Waals surface area (Å²) in [5, 5.41) is 1.18. The third kappa shape index (κ3) is 4.02. The molecule has 1 aromatic carbocycles. The van der Waals surface area contributed by atoms with Crippen molar-refractivity contribution in [2.75, 3.05) is 6.54 Å². The van der Waals surface area contributed by atoms with Gasteiger partial charge in [0.1, 0.15) is 0 Å². The van der Waals surface area contributed by atoms with E-state index in [4.69, 9.17) is 11.6 Å². The molecule has 0 saturated carbocycles. The third-order valence-electron chi connectivity index (χ3n) is 5.36. The zero-order valence-corrected chi connectivity index (χ0v) is 16.8. The van der Waals surface area contributed by atoms with Gasteiger partial charge in [-0.25, -0.2) is 16.5 Å². The molecule has 29 heavy (non-hydrogen) atoms. The van der Waals surface area contributed by atoms with E-state index in [1.807, 2.05) is 30.2 Å². The molecule has 4 aromatic rings. The molecule has 5 nitrogen and oxygen atoms in total. The van der Waals surface area contributed by atoms with E-state index in [-0.39, 0.29) is 0 Å². The summed E-state index contributed by atoms with van der Waals surface area (Å²) in [6.45, 7) is 9.73. The van der Waals surface area contributed by atoms with Crippen molar-refractivity contribution in [1.82, 2.24) is 19.5 Å². The van der Waals surface area contributed by atoms with Crippen molar-refractivity contribution in [3.05, 3.63) is 88.9 Å². The smallest absolute Gasteiger partial charge is 0.218 e. The number of imidazole rings is 1. The minimum atomic E-state index is 0.513. The Morgan fingerprint density at radius 1 is 1.00 bits per heavy atom. The van der Waals surface area contributed by atoms with E-state index >= 15 is 0 Å². The Balaban J connectivity index is 1.81. The number of rotatable bonds is 6. The summed E-state index contributed by atoms with van der Waals surface area (Å²) in [6.07, 6.45) is 9.98. The van der Waals surface area contributed by atoms with Crippen molar-refractivity contribution in [3.8, 4) is 11.4 Å². The molecule has 0 atom stereocenters. The number of nitrogens with zero attached hydrogens (tertiary/aromatic N) is 5. The minimum Gasteiger partial charge on any atom is -0.332 e. The summed E-state index contributed by atoms with van der Waals surface area (Å²) in [7, 11) is 1.99. The molecule has 0 radical (unpaired) electrons. The lowest BCUT2D eigenvalue weighted by Gasteiger charge is -2.13. The zero-order chi connectivity index (χ0) is 20.2. The maximum absolute atomic E-state index is 7.12. The van der Waals surface area contributed by atoms with E-state index in [1.54, 1.807) is 6.33 Å². The Kier molecular flexibility index (Phi) is 5.35. The van der Waals surface area contributed by atoms with E-state index in [2.05, 4.69) is 52.1 Å². The average Bonchev–Trinajstić information content (AvgIpc) is 3.17. The molecular weight excluding hydrogens is 358 g/mol. The summed E-state index contributed by atoms with van der Waals surface area (Å²) < 4.78 is 2.00. The fourth-order valence-corrected chi connectivity index (χ4v) is 3.71. The Morgan fingerprint density at radius 3 is 2.55 bits per heavy atom. The first kappa shape index (κ1) is 18.8. The lowest BCUT2D eigenvalue weighted by atomic mass is 9.95. The molecule has 0 aliphatic rings. The molecule has 0 aliphatic heterocycles. The van der Waals surface area contributed by atoms with Crippen LogP contribution in [0.3, 0.4) is 0 Å². The first-order valence-electron chi connectivity index (χ1n) is 9.77.